The summed E-state index contributed by atoms with van der Waals surface area (Å²) in [5.74, 6) is 1.12. The molecule has 0 N–H and O–H groups in total. The van der Waals surface area contributed by atoms with Crippen LogP contribution >= 0.6 is 0 Å². The number of para-hydroxylation sites is 1. The fourth-order valence-electron chi connectivity index (χ4n) is 3.65. The quantitative estimate of drug-likeness (QED) is 0.814. The van der Waals surface area contributed by atoms with E-state index in [-0.39, 0.29) is 17.6 Å². The summed E-state index contributed by atoms with van der Waals surface area (Å²) in [7, 11) is 0. The summed E-state index contributed by atoms with van der Waals surface area (Å²) in [5, 5.41) is 0. The van der Waals surface area contributed by atoms with Crippen LogP contribution in [0.25, 0.3) is 0 Å². The van der Waals surface area contributed by atoms with Crippen molar-refractivity contribution in [2.24, 2.45) is 17.8 Å². The largest absolute Gasteiger partial charge is 0.310 e. The smallest absolute Gasteiger partial charge is 0.230 e. The molecule has 3 heteroatoms. The molecule has 0 aromatic heterocycles. The van der Waals surface area contributed by atoms with Crippen LogP contribution in [-0.4, -0.2) is 12.5 Å². The third-order valence-corrected chi connectivity index (χ3v) is 4.67. The van der Waals surface area contributed by atoms with Crippen LogP contribution in [0.5, 0.6) is 0 Å². The van der Waals surface area contributed by atoms with E-state index >= 15 is 0 Å². The van der Waals surface area contributed by atoms with Gasteiger partial charge in [-0.3, -0.25) is 4.79 Å². The van der Waals surface area contributed by atoms with Crippen molar-refractivity contribution in [2.75, 3.05) is 11.4 Å². The number of carbonyl (C=O) groups is 1. The number of benzene rings is 1. The van der Waals surface area contributed by atoms with Crippen molar-refractivity contribution in [2.45, 2.75) is 32.6 Å². The molecule has 0 heterocycles. The average Bonchev–Trinajstić information content (AvgIpc) is 3.16. The summed E-state index contributed by atoms with van der Waals surface area (Å²) in [6, 6.07) is 6.57. The monoisotopic (exact) mass is 261 g/mol. The van der Waals surface area contributed by atoms with Crippen LogP contribution in [0.4, 0.5) is 10.1 Å². The first-order chi connectivity index (χ1) is 9.24. The van der Waals surface area contributed by atoms with E-state index in [2.05, 4.69) is 0 Å². The highest BCUT2D eigenvalue weighted by atomic mass is 19.1. The summed E-state index contributed by atoms with van der Waals surface area (Å²) in [6.07, 6.45) is 4.85. The Morgan fingerprint density at radius 2 is 1.89 bits per heavy atom. The van der Waals surface area contributed by atoms with E-state index in [1.807, 2.05) is 6.92 Å². The standard InChI is InChI=1S/C16H20FNO/c1-2-18(14-10-6-5-9-13(14)17)16(19)15-11-7-3-4-8-12(11)15/h5-6,9-12,15H,2-4,7-8H2,1H3/t11-,12-/m1/s1. The normalized spacial score (nSPS) is 28.6. The van der Waals surface area contributed by atoms with Gasteiger partial charge in [0.15, 0.2) is 0 Å². The minimum Gasteiger partial charge on any atom is -0.310 e. The topological polar surface area (TPSA) is 20.3 Å². The highest BCUT2D eigenvalue weighted by molar-refractivity contribution is 5.97. The van der Waals surface area contributed by atoms with Crippen molar-refractivity contribution in [1.29, 1.82) is 0 Å². The molecule has 1 amide bonds. The molecule has 2 saturated carbocycles. The van der Waals surface area contributed by atoms with Crippen LogP contribution in [0.15, 0.2) is 24.3 Å². The Balaban J connectivity index is 1.80. The molecule has 102 valence electrons. The van der Waals surface area contributed by atoms with E-state index in [1.165, 1.54) is 31.7 Å². The number of rotatable bonds is 3. The van der Waals surface area contributed by atoms with Crippen molar-refractivity contribution in [3.8, 4) is 0 Å². The molecule has 0 spiro atoms. The first-order valence-corrected chi connectivity index (χ1v) is 7.30. The van der Waals surface area contributed by atoms with Gasteiger partial charge in [0.05, 0.1) is 5.69 Å². The molecule has 0 aliphatic heterocycles. The predicted molar refractivity (Wildman–Crippen MR) is 73.4 cm³/mol. The number of halogens is 1. The Morgan fingerprint density at radius 1 is 1.26 bits per heavy atom. The zero-order chi connectivity index (χ0) is 13.4. The Labute approximate surface area is 113 Å². The SMILES string of the molecule is CCN(C(=O)C1[C@@H]2CCCC[C@@H]12)c1ccccc1F. The van der Waals surface area contributed by atoms with Crippen LogP contribution < -0.4 is 4.90 Å². The molecule has 0 saturated heterocycles. The zero-order valence-electron chi connectivity index (χ0n) is 11.3. The van der Waals surface area contributed by atoms with E-state index < -0.39 is 0 Å². The summed E-state index contributed by atoms with van der Waals surface area (Å²) >= 11 is 0. The molecule has 2 aliphatic rings. The van der Waals surface area contributed by atoms with E-state index in [9.17, 15) is 9.18 Å². The molecule has 2 aliphatic carbocycles. The summed E-state index contributed by atoms with van der Waals surface area (Å²) in [5.41, 5.74) is 0.429. The molecule has 0 radical (unpaired) electrons. The predicted octanol–water partition coefficient (Wildman–Crippen LogP) is 3.61. The highest BCUT2D eigenvalue weighted by Gasteiger charge is 2.55. The second-order valence-corrected chi connectivity index (χ2v) is 5.67. The molecular weight excluding hydrogens is 241 g/mol. The van der Waals surface area contributed by atoms with Crippen molar-refractivity contribution < 1.29 is 9.18 Å². The maximum atomic E-state index is 13.8. The fourth-order valence-corrected chi connectivity index (χ4v) is 3.65. The van der Waals surface area contributed by atoms with E-state index in [0.29, 0.717) is 24.1 Å². The Kier molecular flexibility index (Phi) is 3.29. The van der Waals surface area contributed by atoms with Gasteiger partial charge in [0.2, 0.25) is 5.91 Å². The molecule has 3 rings (SSSR count). The van der Waals surface area contributed by atoms with Crippen LogP contribution in [0.1, 0.15) is 32.6 Å². The first-order valence-electron chi connectivity index (χ1n) is 7.30. The molecule has 2 nitrogen and oxygen atoms in total. The third-order valence-electron chi connectivity index (χ3n) is 4.67. The summed E-state index contributed by atoms with van der Waals surface area (Å²) in [4.78, 5) is 14.2. The first kappa shape index (κ1) is 12.6. The van der Waals surface area contributed by atoms with Gasteiger partial charge in [-0.05, 0) is 43.7 Å². The van der Waals surface area contributed by atoms with Gasteiger partial charge in [-0.25, -0.2) is 4.39 Å². The van der Waals surface area contributed by atoms with Gasteiger partial charge < -0.3 is 4.90 Å². The summed E-state index contributed by atoms with van der Waals surface area (Å²) < 4.78 is 13.8. The van der Waals surface area contributed by atoms with Gasteiger partial charge in [0, 0.05) is 12.5 Å². The van der Waals surface area contributed by atoms with Gasteiger partial charge >= 0.3 is 0 Å². The second-order valence-electron chi connectivity index (χ2n) is 5.67. The van der Waals surface area contributed by atoms with E-state index in [0.717, 1.165) is 0 Å². The number of hydrogen-bond donors (Lipinski definition) is 0. The molecular formula is C16H20FNO. The van der Waals surface area contributed by atoms with Gasteiger partial charge in [0.1, 0.15) is 5.82 Å². The number of carbonyl (C=O) groups excluding carboxylic acids is 1. The van der Waals surface area contributed by atoms with Gasteiger partial charge in [-0.15, -0.1) is 0 Å². The highest BCUT2D eigenvalue weighted by Crippen LogP contribution is 2.56. The Morgan fingerprint density at radius 3 is 2.47 bits per heavy atom. The van der Waals surface area contributed by atoms with Crippen LogP contribution in [0.3, 0.4) is 0 Å². The molecule has 0 unspecified atom stereocenters. The number of nitrogens with zero attached hydrogens (tertiary/aromatic N) is 1. The lowest BCUT2D eigenvalue weighted by Crippen LogP contribution is -2.33. The molecule has 0 bridgehead atoms. The Bertz CT molecular complexity index is 475. The lowest BCUT2D eigenvalue weighted by Gasteiger charge is -2.21. The average molecular weight is 261 g/mol. The minimum absolute atomic E-state index is 0.129. The molecule has 1 aromatic carbocycles. The lowest BCUT2D eigenvalue weighted by molar-refractivity contribution is -0.120. The van der Waals surface area contributed by atoms with Crippen molar-refractivity contribution >= 4 is 11.6 Å². The maximum Gasteiger partial charge on any atom is 0.230 e. The van der Waals surface area contributed by atoms with E-state index in [1.54, 1.807) is 23.1 Å². The molecule has 1 aromatic rings. The van der Waals surface area contributed by atoms with Crippen molar-refractivity contribution in [3.05, 3.63) is 30.1 Å². The molecule has 19 heavy (non-hydrogen) atoms. The Hall–Kier alpha value is -1.38. The second kappa shape index (κ2) is 4.95. The lowest BCUT2D eigenvalue weighted by atomic mass is 10.0. The summed E-state index contributed by atoms with van der Waals surface area (Å²) in [6.45, 7) is 2.45. The zero-order valence-corrected chi connectivity index (χ0v) is 11.3. The minimum atomic E-state index is -0.304. The molecule has 2 atom stereocenters. The van der Waals surface area contributed by atoms with E-state index in [4.69, 9.17) is 0 Å². The van der Waals surface area contributed by atoms with Crippen molar-refractivity contribution in [1.82, 2.24) is 0 Å². The molecule has 2 fully saturated rings. The number of anilines is 1. The number of fused-ring (bicyclic) bond motifs is 1. The van der Waals surface area contributed by atoms with Crippen molar-refractivity contribution in [3.63, 3.8) is 0 Å². The third kappa shape index (κ3) is 2.15. The van der Waals surface area contributed by atoms with Gasteiger partial charge in [-0.1, -0.05) is 25.0 Å². The van der Waals surface area contributed by atoms with Crippen LogP contribution in [-0.2, 0) is 4.79 Å². The number of hydrogen-bond acceptors (Lipinski definition) is 1. The fraction of sp³-hybridized carbons (Fsp3) is 0.562. The van der Waals surface area contributed by atoms with Crippen LogP contribution in [0, 0.1) is 23.6 Å². The number of amides is 1. The van der Waals surface area contributed by atoms with Gasteiger partial charge in [-0.2, -0.15) is 0 Å². The van der Waals surface area contributed by atoms with Crippen LogP contribution in [0.2, 0.25) is 0 Å². The maximum absolute atomic E-state index is 13.8. The van der Waals surface area contributed by atoms with Gasteiger partial charge in [0.25, 0.3) is 0 Å².